The molecule has 2 N–H and O–H groups in total. The van der Waals surface area contributed by atoms with Gasteiger partial charge in [0.05, 0.1) is 14.2 Å². The molecular weight excluding hydrogens is 332 g/mol. The van der Waals surface area contributed by atoms with Crippen molar-refractivity contribution in [2.24, 2.45) is 5.92 Å². The van der Waals surface area contributed by atoms with Gasteiger partial charge in [-0.05, 0) is 31.1 Å². The maximum atomic E-state index is 13.1. The lowest BCUT2D eigenvalue weighted by Crippen LogP contribution is -2.54. The number of rotatable bonds is 10. The van der Waals surface area contributed by atoms with E-state index in [1.54, 1.807) is 24.4 Å². The van der Waals surface area contributed by atoms with Gasteiger partial charge in [0.25, 0.3) is 5.91 Å². The van der Waals surface area contributed by atoms with Crippen LogP contribution in [0.25, 0.3) is 0 Å². The van der Waals surface area contributed by atoms with E-state index < -0.39 is 5.72 Å². The molecule has 0 fully saturated rings. The first-order valence-corrected chi connectivity index (χ1v) is 9.26. The summed E-state index contributed by atoms with van der Waals surface area (Å²) in [6.07, 6.45) is 8.89. The molecule has 2 rings (SSSR count). The van der Waals surface area contributed by atoms with Crippen molar-refractivity contribution < 1.29 is 19.1 Å². The second kappa shape index (κ2) is 9.48. The predicted octanol–water partition coefficient (Wildman–Crippen LogP) is 3.78. The molecule has 1 heterocycles. The summed E-state index contributed by atoms with van der Waals surface area (Å²) in [6, 6.07) is 5.27. The molecule has 1 aromatic rings. The van der Waals surface area contributed by atoms with Gasteiger partial charge in [-0.2, -0.15) is 0 Å². The van der Waals surface area contributed by atoms with Crippen LogP contribution in [0.2, 0.25) is 0 Å². The van der Waals surface area contributed by atoms with Crippen LogP contribution in [-0.2, 0) is 4.84 Å². The van der Waals surface area contributed by atoms with E-state index in [1.807, 2.05) is 6.08 Å². The number of nitrogens with one attached hydrogen (secondary N) is 2. The number of carbonyl (C=O) groups excluding carboxylic acids is 1. The molecular formula is C20H30N2O4. The molecule has 144 valence electrons. The highest BCUT2D eigenvalue weighted by atomic mass is 16.7. The first kappa shape index (κ1) is 20.1. The molecule has 0 bridgehead atoms. The lowest BCUT2D eigenvalue weighted by molar-refractivity contribution is -0.0930. The number of hydroxylamine groups is 1. The van der Waals surface area contributed by atoms with Crippen LogP contribution in [-0.4, -0.2) is 25.9 Å². The van der Waals surface area contributed by atoms with Crippen LogP contribution in [0.15, 0.2) is 30.5 Å². The average Bonchev–Trinajstić information content (AvgIpc) is 3.13. The van der Waals surface area contributed by atoms with Gasteiger partial charge < -0.3 is 14.8 Å². The molecule has 0 saturated carbocycles. The molecule has 1 aromatic carbocycles. The Bertz CT molecular complexity index is 610. The zero-order valence-electron chi connectivity index (χ0n) is 16.1. The number of hydrogen-bond acceptors (Lipinski definition) is 5. The summed E-state index contributed by atoms with van der Waals surface area (Å²) in [4.78, 5) is 18.9. The van der Waals surface area contributed by atoms with Crippen molar-refractivity contribution in [3.05, 3.63) is 36.0 Å². The number of ether oxygens (including phenoxy) is 2. The van der Waals surface area contributed by atoms with Crippen LogP contribution in [0.5, 0.6) is 11.5 Å². The highest BCUT2D eigenvalue weighted by Crippen LogP contribution is 2.33. The largest absolute Gasteiger partial charge is 0.496 e. The van der Waals surface area contributed by atoms with Crippen molar-refractivity contribution in [3.63, 3.8) is 0 Å². The van der Waals surface area contributed by atoms with E-state index in [4.69, 9.17) is 14.3 Å². The quantitative estimate of drug-likeness (QED) is 0.620. The zero-order valence-corrected chi connectivity index (χ0v) is 16.1. The molecule has 0 aromatic heterocycles. The summed E-state index contributed by atoms with van der Waals surface area (Å²) in [5, 5.41) is 3.07. The number of methoxy groups -OCH3 is 2. The van der Waals surface area contributed by atoms with Crippen LogP contribution < -0.4 is 20.3 Å². The Kier molecular flexibility index (Phi) is 7.33. The third-order valence-electron chi connectivity index (χ3n) is 4.85. The molecule has 0 saturated heterocycles. The molecule has 6 nitrogen and oxygen atoms in total. The molecule has 6 heteroatoms. The number of benzene rings is 1. The fourth-order valence-corrected chi connectivity index (χ4v) is 3.39. The third kappa shape index (κ3) is 4.30. The van der Waals surface area contributed by atoms with Gasteiger partial charge in [0, 0.05) is 12.1 Å². The normalized spacial score (nSPS) is 19.7. The third-order valence-corrected chi connectivity index (χ3v) is 4.85. The fourth-order valence-electron chi connectivity index (χ4n) is 3.39. The molecule has 0 aliphatic carbocycles. The first-order chi connectivity index (χ1) is 12.6. The number of hydrogen-bond donors (Lipinski definition) is 2. The number of carbonyl (C=O) groups is 1. The van der Waals surface area contributed by atoms with E-state index >= 15 is 0 Å². The minimum absolute atomic E-state index is 0.157. The van der Waals surface area contributed by atoms with E-state index in [0.717, 1.165) is 32.1 Å². The summed E-state index contributed by atoms with van der Waals surface area (Å²) in [5.74, 6) is 0.795. The van der Waals surface area contributed by atoms with Crippen molar-refractivity contribution >= 4 is 5.91 Å². The van der Waals surface area contributed by atoms with Crippen molar-refractivity contribution in [1.82, 2.24) is 10.8 Å². The van der Waals surface area contributed by atoms with Gasteiger partial charge in [-0.25, -0.2) is 4.84 Å². The molecule has 0 radical (unpaired) electrons. The van der Waals surface area contributed by atoms with Crippen molar-refractivity contribution in [2.75, 3.05) is 14.2 Å². The summed E-state index contributed by atoms with van der Waals surface area (Å²) in [5.41, 5.74) is 2.26. The van der Waals surface area contributed by atoms with E-state index in [9.17, 15) is 4.79 Å². The monoisotopic (exact) mass is 362 g/mol. The highest BCUT2D eigenvalue weighted by Gasteiger charge is 2.42. The Morgan fingerprint density at radius 3 is 2.42 bits per heavy atom. The van der Waals surface area contributed by atoms with E-state index in [1.165, 1.54) is 14.2 Å². The SMILES string of the molecule is CCCCCC(CC)C1(NC(=O)c2c(OC)cccc2OC)C=CNO1. The van der Waals surface area contributed by atoms with Crippen LogP contribution in [0, 0.1) is 5.92 Å². The van der Waals surface area contributed by atoms with Gasteiger partial charge in [-0.1, -0.05) is 39.2 Å². The predicted molar refractivity (Wildman–Crippen MR) is 101 cm³/mol. The molecule has 2 atom stereocenters. The van der Waals surface area contributed by atoms with Gasteiger partial charge >= 0.3 is 0 Å². The summed E-state index contributed by atoms with van der Waals surface area (Å²) in [7, 11) is 3.07. The molecule has 1 aliphatic rings. The second-order valence-electron chi connectivity index (χ2n) is 6.44. The molecule has 0 spiro atoms. The second-order valence-corrected chi connectivity index (χ2v) is 6.44. The van der Waals surface area contributed by atoms with E-state index in [-0.39, 0.29) is 11.8 Å². The summed E-state index contributed by atoms with van der Waals surface area (Å²) < 4.78 is 10.7. The van der Waals surface area contributed by atoms with Gasteiger partial charge in [0.2, 0.25) is 0 Å². The fraction of sp³-hybridized carbons (Fsp3) is 0.550. The molecule has 26 heavy (non-hydrogen) atoms. The Hall–Kier alpha value is -2.21. The van der Waals surface area contributed by atoms with Crippen LogP contribution in [0.3, 0.4) is 0 Å². The average molecular weight is 362 g/mol. The van der Waals surface area contributed by atoms with E-state index in [0.29, 0.717) is 17.1 Å². The van der Waals surface area contributed by atoms with Crippen LogP contribution in [0.1, 0.15) is 56.3 Å². The Morgan fingerprint density at radius 2 is 1.92 bits per heavy atom. The number of unbranched alkanes of at least 4 members (excludes halogenated alkanes) is 2. The number of amides is 1. The maximum absolute atomic E-state index is 13.1. The van der Waals surface area contributed by atoms with Crippen molar-refractivity contribution in [3.8, 4) is 11.5 Å². The minimum Gasteiger partial charge on any atom is -0.496 e. The molecule has 1 aliphatic heterocycles. The zero-order chi connectivity index (χ0) is 19.0. The van der Waals surface area contributed by atoms with Crippen LogP contribution in [0.4, 0.5) is 0 Å². The lowest BCUT2D eigenvalue weighted by Gasteiger charge is -2.35. The standard InChI is InChI=1S/C20H30N2O4/c1-5-7-8-10-15(6-2)20(13-14-21-26-20)22-19(23)18-16(24-3)11-9-12-17(18)25-4/h9,11-15,21H,5-8,10H2,1-4H3,(H,22,23). The van der Waals surface area contributed by atoms with Gasteiger partial charge in [0.1, 0.15) is 17.1 Å². The maximum Gasteiger partial charge on any atom is 0.261 e. The smallest absolute Gasteiger partial charge is 0.261 e. The van der Waals surface area contributed by atoms with Crippen molar-refractivity contribution in [2.45, 2.75) is 51.7 Å². The van der Waals surface area contributed by atoms with Gasteiger partial charge in [-0.3, -0.25) is 10.3 Å². The van der Waals surface area contributed by atoms with E-state index in [2.05, 4.69) is 24.6 Å². The highest BCUT2D eigenvalue weighted by molar-refractivity contribution is 6.00. The Morgan fingerprint density at radius 1 is 1.23 bits per heavy atom. The lowest BCUT2D eigenvalue weighted by atomic mass is 9.87. The van der Waals surface area contributed by atoms with Gasteiger partial charge in [0.15, 0.2) is 5.72 Å². The van der Waals surface area contributed by atoms with Crippen molar-refractivity contribution in [1.29, 1.82) is 0 Å². The Labute approximate surface area is 155 Å². The Balaban J connectivity index is 2.27. The minimum atomic E-state index is -0.883. The van der Waals surface area contributed by atoms with Crippen LogP contribution >= 0.6 is 0 Å². The summed E-state index contributed by atoms with van der Waals surface area (Å²) in [6.45, 7) is 4.30. The topological polar surface area (TPSA) is 68.8 Å². The molecule has 1 amide bonds. The first-order valence-electron chi connectivity index (χ1n) is 9.26. The van der Waals surface area contributed by atoms with Gasteiger partial charge in [-0.15, -0.1) is 0 Å². The summed E-state index contributed by atoms with van der Waals surface area (Å²) >= 11 is 0. The molecule has 2 unspecified atom stereocenters.